The molecule has 0 spiro atoms. The number of aliphatic carboxylic acids is 1. The van der Waals surface area contributed by atoms with Gasteiger partial charge in [-0.15, -0.1) is 0 Å². The molecule has 70 heavy (non-hydrogen) atoms. The Balaban J connectivity index is 1.45. The average molecular weight is 982 g/mol. The van der Waals surface area contributed by atoms with Crippen molar-refractivity contribution < 1.29 is 91.9 Å². The Bertz CT molecular complexity index is 2420. The number of phenolic OH excluding ortho intramolecular Hbond substituents is 1. The lowest BCUT2D eigenvalue weighted by Gasteiger charge is -2.41. The molecule has 14 atom stereocenters. The van der Waals surface area contributed by atoms with Crippen LogP contribution in [0.25, 0.3) is 0 Å². The number of ketones is 3. The lowest BCUT2D eigenvalue weighted by molar-refractivity contribution is -0.246. The monoisotopic (exact) mass is 981 g/mol. The number of benzene rings is 1. The largest absolute Gasteiger partial charge is 0.507 e. The van der Waals surface area contributed by atoms with Crippen molar-refractivity contribution in [3.63, 3.8) is 0 Å². The van der Waals surface area contributed by atoms with Gasteiger partial charge in [-0.3, -0.25) is 33.6 Å². The second-order valence-corrected chi connectivity index (χ2v) is 19.5. The first-order valence-corrected chi connectivity index (χ1v) is 23.1. The molecule has 1 aromatic rings. The number of nitrogens with one attached hydrogen (secondary N) is 1. The minimum atomic E-state index is -2.18. The van der Waals surface area contributed by atoms with Crippen molar-refractivity contribution in [3.05, 3.63) is 70.2 Å². The van der Waals surface area contributed by atoms with Gasteiger partial charge in [-0.05, 0) is 47.6 Å². The zero-order chi connectivity index (χ0) is 51.9. The van der Waals surface area contributed by atoms with E-state index in [0.29, 0.717) is 0 Å². The second-order valence-electron chi connectivity index (χ2n) is 19.5. The third kappa shape index (κ3) is 10.8. The Labute approximate surface area is 404 Å². The average Bonchev–Trinajstić information content (AvgIpc) is 3.86. The van der Waals surface area contributed by atoms with Gasteiger partial charge in [0.1, 0.15) is 36.6 Å². The van der Waals surface area contributed by atoms with Crippen molar-refractivity contribution in [1.82, 2.24) is 5.32 Å². The molecule has 1 aromatic carbocycles. The highest BCUT2D eigenvalue weighted by Crippen LogP contribution is 2.48. The molecular weight excluding hydrogens is 919 g/mol. The van der Waals surface area contributed by atoms with Crippen molar-refractivity contribution in [2.75, 3.05) is 6.79 Å². The summed E-state index contributed by atoms with van der Waals surface area (Å²) >= 11 is 0. The van der Waals surface area contributed by atoms with E-state index in [1.807, 2.05) is 0 Å². The predicted molar refractivity (Wildman–Crippen MR) is 243 cm³/mol. The van der Waals surface area contributed by atoms with E-state index in [1.54, 1.807) is 20.8 Å². The van der Waals surface area contributed by atoms with Gasteiger partial charge in [0.05, 0.1) is 71.0 Å². The molecule has 20 nitrogen and oxygen atoms in total. The molecule has 2 fully saturated rings. The minimum Gasteiger partial charge on any atom is -0.507 e. The third-order valence-corrected chi connectivity index (χ3v) is 13.8. The fraction of sp³-hybridized carbons (Fsp3) is 0.580. The number of carbonyl (C=O) groups is 7. The van der Waals surface area contributed by atoms with Crippen LogP contribution in [0.3, 0.4) is 0 Å². The number of allylic oxidation sites excluding steroid dienone is 4. The third-order valence-electron chi connectivity index (χ3n) is 13.8. The summed E-state index contributed by atoms with van der Waals surface area (Å²) in [5.41, 5.74) is -3.40. The summed E-state index contributed by atoms with van der Waals surface area (Å²) in [7, 11) is 0. The van der Waals surface area contributed by atoms with Crippen LogP contribution in [0, 0.1) is 36.0 Å². The number of rotatable bonds is 8. The number of phenols is 1. The van der Waals surface area contributed by atoms with E-state index in [0.717, 1.165) is 12.3 Å². The van der Waals surface area contributed by atoms with Crippen molar-refractivity contribution in [2.45, 2.75) is 150 Å². The Hall–Kier alpha value is -5.77. The lowest BCUT2D eigenvalue weighted by Crippen LogP contribution is -2.50. The zero-order valence-corrected chi connectivity index (χ0v) is 41.0. The molecule has 0 radical (unpaired) electrons. The molecule has 1 amide bonds. The number of carboxylic acids is 1. The molecule has 5 bridgehead atoms. The number of ether oxygens (including phenoxy) is 8. The molecule has 20 heteroatoms. The number of hydrogen-bond donors (Lipinski definition) is 5. The number of fused-ring (bicyclic) bond motifs is 15. The van der Waals surface area contributed by atoms with Crippen LogP contribution < -0.4 is 10.1 Å². The molecule has 1 aliphatic carbocycles. The number of aliphatic hydroxyl groups excluding tert-OH is 2. The first-order valence-electron chi connectivity index (χ1n) is 23.1. The number of amides is 1. The molecule has 5 aliphatic heterocycles. The maximum atomic E-state index is 14.4. The molecule has 7 rings (SSSR count). The van der Waals surface area contributed by atoms with Gasteiger partial charge >= 0.3 is 23.7 Å². The molecular formula is C50H63NO19. The number of esters is 2. The number of hydrogen-bond acceptors (Lipinski definition) is 18. The van der Waals surface area contributed by atoms with Crippen molar-refractivity contribution in [3.8, 4) is 11.5 Å². The van der Waals surface area contributed by atoms with Crippen LogP contribution in [-0.4, -0.2) is 129 Å². The number of aromatic hydroxyl groups is 1. The number of Topliss-reactive ketones (excluding diaryl/α,β-unsaturated/α-hetero) is 2. The van der Waals surface area contributed by atoms with Crippen LogP contribution in [0.5, 0.6) is 11.5 Å². The van der Waals surface area contributed by atoms with E-state index in [1.165, 1.54) is 79.7 Å². The fourth-order valence-corrected chi connectivity index (χ4v) is 9.48. The molecule has 382 valence electrons. The molecule has 5 heterocycles. The Morgan fingerprint density at radius 1 is 0.957 bits per heavy atom. The Kier molecular flexibility index (Phi) is 16.0. The highest BCUT2D eigenvalue weighted by atomic mass is 16.7. The van der Waals surface area contributed by atoms with Crippen LogP contribution in [0.2, 0.25) is 0 Å². The van der Waals surface area contributed by atoms with Gasteiger partial charge in [0.2, 0.25) is 5.78 Å². The van der Waals surface area contributed by atoms with Crippen LogP contribution >= 0.6 is 0 Å². The molecule has 0 unspecified atom stereocenters. The Morgan fingerprint density at radius 2 is 1.64 bits per heavy atom. The van der Waals surface area contributed by atoms with Crippen molar-refractivity contribution in [2.24, 2.45) is 29.1 Å². The standard InChI is InChI=1S/C50H63NO19/c1-21-13-12-14-29(26(6)67-48(62)49(9,10)19-34(54)55)40(57)23(3)39(56)24(4)43(68-28(8)52)22(2)32(69-35-18-33-45(27(7)66-35)64-20-63-33)15-16-65-50(11)46(60)38-36-31(53)17-30(51-47(21)61)42(59)37(36)41(58)25(5)44(38)70-50/h12-17,22-24,26-27,29,32-33,35,39-40,43,45,56-58H,18-20H2,1-11H3,(H,51,61)(H,54,55)/b14-12+,16-15+,21-13-/t22-,23+,24-,26+,27-,29-,32+,33+,35+,39-,40-,43-,45-,50+/m1/s1. The summed E-state index contributed by atoms with van der Waals surface area (Å²) in [5, 5.41) is 47.5. The molecule has 2 saturated heterocycles. The first-order chi connectivity index (χ1) is 32.7. The van der Waals surface area contributed by atoms with E-state index in [4.69, 9.17) is 37.9 Å². The first kappa shape index (κ1) is 53.6. The van der Waals surface area contributed by atoms with E-state index >= 15 is 0 Å². The van der Waals surface area contributed by atoms with Gasteiger partial charge in [-0.2, -0.15) is 0 Å². The molecule has 0 aromatic heterocycles. The van der Waals surface area contributed by atoms with Gasteiger partial charge in [0, 0.05) is 61.2 Å². The second kappa shape index (κ2) is 20.9. The van der Waals surface area contributed by atoms with Crippen molar-refractivity contribution >= 4 is 41.2 Å². The summed E-state index contributed by atoms with van der Waals surface area (Å²) in [4.78, 5) is 93.6. The summed E-state index contributed by atoms with van der Waals surface area (Å²) in [6.45, 7) is 16.1. The molecule has 6 aliphatic rings. The smallest absolute Gasteiger partial charge is 0.312 e. The van der Waals surface area contributed by atoms with Crippen molar-refractivity contribution in [1.29, 1.82) is 0 Å². The van der Waals surface area contributed by atoms with Gasteiger partial charge < -0.3 is 63.6 Å². The van der Waals surface area contributed by atoms with E-state index in [-0.39, 0.29) is 47.9 Å². The minimum absolute atomic E-state index is 0.0225. The van der Waals surface area contributed by atoms with Crippen LogP contribution in [0.4, 0.5) is 0 Å². The summed E-state index contributed by atoms with van der Waals surface area (Å²) in [6, 6.07) is 0. The molecule has 5 N–H and O–H groups in total. The van der Waals surface area contributed by atoms with E-state index in [2.05, 4.69) is 5.32 Å². The topological polar surface area (TPSA) is 286 Å². The number of carbonyl (C=O) groups excluding carboxylic acids is 6. The van der Waals surface area contributed by atoms with E-state index in [9.17, 15) is 54.0 Å². The van der Waals surface area contributed by atoms with Gasteiger partial charge in [0.25, 0.3) is 11.7 Å². The summed E-state index contributed by atoms with van der Waals surface area (Å²) < 4.78 is 48.0. The van der Waals surface area contributed by atoms with Crippen LogP contribution in [0.1, 0.15) is 119 Å². The van der Waals surface area contributed by atoms with Gasteiger partial charge in [-0.1, -0.05) is 39.0 Å². The Morgan fingerprint density at radius 3 is 2.30 bits per heavy atom. The maximum absolute atomic E-state index is 14.4. The highest BCUT2D eigenvalue weighted by Gasteiger charge is 2.52. The predicted octanol–water partition coefficient (Wildman–Crippen LogP) is 4.29. The summed E-state index contributed by atoms with van der Waals surface area (Å²) in [5.74, 6) is -13.6. The molecule has 0 saturated carbocycles. The lowest BCUT2D eigenvalue weighted by atomic mass is 9.77. The van der Waals surface area contributed by atoms with Gasteiger partial charge in [-0.25, -0.2) is 0 Å². The van der Waals surface area contributed by atoms with Crippen LogP contribution in [0.15, 0.2) is 47.9 Å². The van der Waals surface area contributed by atoms with E-state index < -0.39 is 148 Å². The number of aliphatic hydroxyl groups is 2. The van der Waals surface area contributed by atoms with Crippen LogP contribution in [-0.2, 0) is 52.3 Å². The number of carboxylic acid groups (broad SMARTS) is 1. The quantitative estimate of drug-likeness (QED) is 0.227. The van der Waals surface area contributed by atoms with Gasteiger partial charge in [0.15, 0.2) is 12.1 Å². The summed E-state index contributed by atoms with van der Waals surface area (Å²) in [6.07, 6.45) is -1.45. The highest BCUT2D eigenvalue weighted by molar-refractivity contribution is 6.30. The normalized spacial score (nSPS) is 34.9. The maximum Gasteiger partial charge on any atom is 0.312 e. The SMILES string of the molecule is CC(=O)O[C@H]1[C@H](C)[C@H](O)[C@H](C)[C@@H](O)[C@@H]([C@H](C)OC(=O)C(C)(C)CC(=O)O)/C=C/C=C(/C)C(=O)NC2=CC(=O)c3c(c(O)c(C)c4c3C(=O)[C@@](C)(O/C=C/[C@H](O[C@H]3C[C@@H]5OCO[C@@H]5[C@@H](C)O3)[C@H]1C)O4)C2=O. The fourth-order valence-electron chi connectivity index (χ4n) is 9.48. The zero-order valence-electron chi connectivity index (χ0n) is 41.0.